The number of non-ortho nitro benzene ring substituents is 1. The Morgan fingerprint density at radius 1 is 1.14 bits per heavy atom. The second-order valence-corrected chi connectivity index (χ2v) is 4.69. The van der Waals surface area contributed by atoms with Crippen molar-refractivity contribution in [2.24, 2.45) is 5.73 Å². The quantitative estimate of drug-likeness (QED) is 0.482. The van der Waals surface area contributed by atoms with Gasteiger partial charge in [0, 0.05) is 24.2 Å². The molecule has 2 aromatic rings. The lowest BCUT2D eigenvalue weighted by molar-refractivity contribution is -0.384. The van der Waals surface area contributed by atoms with Crippen LogP contribution < -0.4 is 10.5 Å². The fourth-order valence-corrected chi connectivity index (χ4v) is 2.08. The van der Waals surface area contributed by atoms with Crippen LogP contribution in [0.2, 0.25) is 0 Å². The van der Waals surface area contributed by atoms with E-state index in [2.05, 4.69) is 12.1 Å². The average Bonchev–Trinajstić information content (AvgIpc) is 2.52. The molecule has 0 spiro atoms. The minimum Gasteiger partial charge on any atom is -0.493 e. The van der Waals surface area contributed by atoms with Gasteiger partial charge in [-0.2, -0.15) is 0 Å². The van der Waals surface area contributed by atoms with E-state index in [9.17, 15) is 10.1 Å². The zero-order valence-electron chi connectivity index (χ0n) is 11.7. The number of hydrogen-bond donors (Lipinski definition) is 1. The van der Waals surface area contributed by atoms with Crippen LogP contribution in [0.4, 0.5) is 5.69 Å². The first kappa shape index (κ1) is 15.0. The summed E-state index contributed by atoms with van der Waals surface area (Å²) < 4.78 is 5.68. The number of hydrogen-bond acceptors (Lipinski definition) is 4. The summed E-state index contributed by atoms with van der Waals surface area (Å²) in [7, 11) is 0. The molecule has 0 radical (unpaired) electrons. The van der Waals surface area contributed by atoms with Gasteiger partial charge in [-0.15, -0.1) is 0 Å². The molecule has 0 bridgehead atoms. The van der Waals surface area contributed by atoms with Gasteiger partial charge in [0.25, 0.3) is 5.69 Å². The molecular weight excluding hydrogens is 268 g/mol. The van der Waals surface area contributed by atoms with E-state index in [0.717, 1.165) is 12.8 Å². The Kier molecular flexibility index (Phi) is 5.29. The highest BCUT2D eigenvalue weighted by Crippen LogP contribution is 2.24. The Morgan fingerprint density at radius 3 is 2.57 bits per heavy atom. The van der Waals surface area contributed by atoms with Crippen molar-refractivity contribution in [3.63, 3.8) is 0 Å². The molecule has 0 unspecified atom stereocenters. The molecule has 5 nitrogen and oxygen atoms in total. The molecule has 5 heteroatoms. The van der Waals surface area contributed by atoms with Crippen LogP contribution in [0.25, 0.3) is 0 Å². The van der Waals surface area contributed by atoms with E-state index in [1.807, 2.05) is 18.2 Å². The minimum atomic E-state index is -0.432. The van der Waals surface area contributed by atoms with Crippen LogP contribution in [0.1, 0.15) is 17.5 Å². The van der Waals surface area contributed by atoms with Gasteiger partial charge in [-0.05, 0) is 24.5 Å². The predicted octanol–water partition coefficient (Wildman–Crippen LogP) is 3.07. The van der Waals surface area contributed by atoms with Gasteiger partial charge in [0.2, 0.25) is 0 Å². The summed E-state index contributed by atoms with van der Waals surface area (Å²) in [6.45, 7) is 0.773. The summed E-state index contributed by atoms with van der Waals surface area (Å²) in [6.07, 6.45) is 1.82. The van der Waals surface area contributed by atoms with Crippen molar-refractivity contribution in [3.8, 4) is 5.75 Å². The van der Waals surface area contributed by atoms with E-state index in [1.54, 1.807) is 6.07 Å². The molecule has 0 aliphatic heterocycles. The van der Waals surface area contributed by atoms with Gasteiger partial charge in [0.1, 0.15) is 5.75 Å². The van der Waals surface area contributed by atoms with E-state index >= 15 is 0 Å². The van der Waals surface area contributed by atoms with Crippen LogP contribution >= 0.6 is 0 Å². The van der Waals surface area contributed by atoms with Crippen LogP contribution in [0, 0.1) is 10.1 Å². The van der Waals surface area contributed by atoms with Crippen molar-refractivity contribution in [2.75, 3.05) is 6.61 Å². The normalized spacial score (nSPS) is 10.3. The van der Waals surface area contributed by atoms with E-state index in [4.69, 9.17) is 10.5 Å². The zero-order chi connectivity index (χ0) is 15.1. The molecule has 2 aromatic carbocycles. The number of aryl methyl sites for hydroxylation is 1. The molecule has 0 saturated heterocycles. The fraction of sp³-hybridized carbons (Fsp3) is 0.250. The Balaban J connectivity index is 1.89. The average molecular weight is 286 g/mol. The standard InChI is InChI=1S/C16H18N2O3/c17-12-14-11-15(18(19)20)8-9-16(14)21-10-4-7-13-5-2-1-3-6-13/h1-3,5-6,8-9,11H,4,7,10,12,17H2. The first-order valence-corrected chi connectivity index (χ1v) is 6.85. The third-order valence-corrected chi connectivity index (χ3v) is 3.18. The first-order valence-electron chi connectivity index (χ1n) is 6.85. The molecule has 0 saturated carbocycles. The maximum absolute atomic E-state index is 10.7. The number of nitrogens with zero attached hydrogens (tertiary/aromatic N) is 1. The van der Waals surface area contributed by atoms with E-state index < -0.39 is 4.92 Å². The summed E-state index contributed by atoms with van der Waals surface area (Å²) in [5.74, 6) is 0.621. The van der Waals surface area contributed by atoms with Crippen LogP contribution in [-0.2, 0) is 13.0 Å². The van der Waals surface area contributed by atoms with Gasteiger partial charge in [-0.3, -0.25) is 10.1 Å². The lowest BCUT2D eigenvalue weighted by Gasteiger charge is -2.10. The topological polar surface area (TPSA) is 78.4 Å². The van der Waals surface area contributed by atoms with Crippen LogP contribution in [0.5, 0.6) is 5.75 Å². The second-order valence-electron chi connectivity index (χ2n) is 4.69. The molecule has 110 valence electrons. The molecular formula is C16H18N2O3. The van der Waals surface area contributed by atoms with E-state index in [1.165, 1.54) is 17.7 Å². The van der Waals surface area contributed by atoms with Gasteiger partial charge >= 0.3 is 0 Å². The van der Waals surface area contributed by atoms with E-state index in [-0.39, 0.29) is 12.2 Å². The molecule has 0 heterocycles. The van der Waals surface area contributed by atoms with Gasteiger partial charge < -0.3 is 10.5 Å². The Morgan fingerprint density at radius 2 is 1.90 bits per heavy atom. The highest BCUT2D eigenvalue weighted by atomic mass is 16.6. The number of nitro benzene ring substituents is 1. The zero-order valence-corrected chi connectivity index (χ0v) is 11.7. The molecule has 2 rings (SSSR count). The summed E-state index contributed by atoms with van der Waals surface area (Å²) in [5.41, 5.74) is 7.57. The molecule has 0 aliphatic carbocycles. The van der Waals surface area contributed by atoms with Crippen molar-refractivity contribution in [1.82, 2.24) is 0 Å². The summed E-state index contributed by atoms with van der Waals surface area (Å²) in [5, 5.41) is 10.7. The maximum Gasteiger partial charge on any atom is 0.270 e. The highest BCUT2D eigenvalue weighted by molar-refractivity contribution is 5.43. The number of nitrogens with two attached hydrogens (primary N) is 1. The summed E-state index contributed by atoms with van der Waals surface area (Å²) >= 11 is 0. The third-order valence-electron chi connectivity index (χ3n) is 3.18. The van der Waals surface area contributed by atoms with Crippen LogP contribution in [-0.4, -0.2) is 11.5 Å². The van der Waals surface area contributed by atoms with Crippen molar-refractivity contribution >= 4 is 5.69 Å². The molecule has 0 aliphatic rings. The maximum atomic E-state index is 10.7. The van der Waals surface area contributed by atoms with Crippen molar-refractivity contribution in [1.29, 1.82) is 0 Å². The van der Waals surface area contributed by atoms with Gasteiger partial charge in [0.05, 0.1) is 11.5 Å². The lowest BCUT2D eigenvalue weighted by atomic mass is 10.1. The smallest absolute Gasteiger partial charge is 0.270 e. The van der Waals surface area contributed by atoms with Crippen molar-refractivity contribution < 1.29 is 9.66 Å². The Hall–Kier alpha value is -2.40. The Labute approximate surface area is 123 Å². The second kappa shape index (κ2) is 7.40. The van der Waals surface area contributed by atoms with Gasteiger partial charge in [0.15, 0.2) is 0 Å². The summed E-state index contributed by atoms with van der Waals surface area (Å²) in [4.78, 5) is 10.3. The van der Waals surface area contributed by atoms with Crippen LogP contribution in [0.15, 0.2) is 48.5 Å². The first-order chi connectivity index (χ1) is 10.2. The van der Waals surface area contributed by atoms with Crippen LogP contribution in [0.3, 0.4) is 0 Å². The lowest BCUT2D eigenvalue weighted by Crippen LogP contribution is -2.05. The Bertz CT molecular complexity index is 600. The largest absolute Gasteiger partial charge is 0.493 e. The summed E-state index contributed by atoms with van der Waals surface area (Å²) in [6, 6.07) is 14.7. The monoisotopic (exact) mass is 286 g/mol. The minimum absolute atomic E-state index is 0.0343. The molecule has 2 N–H and O–H groups in total. The highest BCUT2D eigenvalue weighted by Gasteiger charge is 2.10. The fourth-order valence-electron chi connectivity index (χ4n) is 2.08. The molecule has 21 heavy (non-hydrogen) atoms. The number of ether oxygens (including phenoxy) is 1. The van der Waals surface area contributed by atoms with E-state index in [0.29, 0.717) is 17.9 Å². The molecule has 0 amide bonds. The number of nitro groups is 1. The van der Waals surface area contributed by atoms with Gasteiger partial charge in [-0.25, -0.2) is 0 Å². The molecule has 0 fully saturated rings. The predicted molar refractivity (Wildman–Crippen MR) is 81.2 cm³/mol. The van der Waals surface area contributed by atoms with Crippen molar-refractivity contribution in [2.45, 2.75) is 19.4 Å². The third kappa shape index (κ3) is 4.29. The number of rotatable bonds is 7. The SMILES string of the molecule is NCc1cc([N+](=O)[O-])ccc1OCCCc1ccccc1. The molecule has 0 aromatic heterocycles. The number of benzene rings is 2. The van der Waals surface area contributed by atoms with Crippen molar-refractivity contribution in [3.05, 3.63) is 69.8 Å². The molecule has 0 atom stereocenters. The van der Waals surface area contributed by atoms with Gasteiger partial charge in [-0.1, -0.05) is 30.3 Å².